The Morgan fingerprint density at radius 3 is 2.76 bits per heavy atom. The molecule has 0 saturated heterocycles. The van der Waals surface area contributed by atoms with Gasteiger partial charge in [-0.2, -0.15) is 5.26 Å². The Morgan fingerprint density at radius 2 is 1.86 bits per heavy atom. The van der Waals surface area contributed by atoms with Gasteiger partial charge in [-0.05, 0) is 24.1 Å². The third-order valence-corrected chi connectivity index (χ3v) is 4.02. The molecule has 0 amide bonds. The maximum atomic E-state index is 9.47. The van der Waals surface area contributed by atoms with Gasteiger partial charge in [0.2, 0.25) is 0 Å². The van der Waals surface area contributed by atoms with Gasteiger partial charge >= 0.3 is 0 Å². The predicted octanol–water partition coefficient (Wildman–Crippen LogP) is 3.80. The Hall–Kier alpha value is -2.86. The fourth-order valence-corrected chi connectivity index (χ4v) is 3.07. The number of rotatable bonds is 1. The van der Waals surface area contributed by atoms with Crippen LogP contribution in [0.3, 0.4) is 0 Å². The first-order valence-corrected chi connectivity index (χ1v) is 7.02. The third-order valence-electron chi connectivity index (χ3n) is 4.02. The Labute approximate surface area is 123 Å². The quantitative estimate of drug-likeness (QED) is 0.676. The molecule has 0 bridgehead atoms. The molecule has 4 rings (SSSR count). The standard InChI is InChI=1S/C18H13N3/c19-11-14-12-20-16-7-3-2-6-15(16)18(14)21-10-9-13-5-1-4-8-17(13)21/h1-8,12H,9-10H2. The van der Waals surface area contributed by atoms with Crippen molar-refractivity contribution in [3.05, 3.63) is 65.9 Å². The molecule has 100 valence electrons. The molecule has 3 nitrogen and oxygen atoms in total. The van der Waals surface area contributed by atoms with Gasteiger partial charge in [-0.25, -0.2) is 0 Å². The number of benzene rings is 2. The maximum absolute atomic E-state index is 9.47. The summed E-state index contributed by atoms with van der Waals surface area (Å²) in [7, 11) is 0. The second-order valence-corrected chi connectivity index (χ2v) is 5.18. The number of nitrogens with zero attached hydrogens (tertiary/aromatic N) is 3. The normalized spacial score (nSPS) is 13.2. The van der Waals surface area contributed by atoms with E-state index in [-0.39, 0.29) is 0 Å². The van der Waals surface area contributed by atoms with Crippen molar-refractivity contribution >= 4 is 22.3 Å². The Morgan fingerprint density at radius 1 is 1.05 bits per heavy atom. The van der Waals surface area contributed by atoms with Crippen LogP contribution in [0.25, 0.3) is 10.9 Å². The van der Waals surface area contributed by atoms with E-state index >= 15 is 0 Å². The van der Waals surface area contributed by atoms with Crippen molar-refractivity contribution < 1.29 is 0 Å². The van der Waals surface area contributed by atoms with E-state index in [1.807, 2.05) is 30.3 Å². The van der Waals surface area contributed by atoms with E-state index in [1.165, 1.54) is 11.3 Å². The van der Waals surface area contributed by atoms with Crippen molar-refractivity contribution in [2.75, 3.05) is 11.4 Å². The zero-order valence-electron chi connectivity index (χ0n) is 11.5. The van der Waals surface area contributed by atoms with Gasteiger partial charge in [0.15, 0.2) is 0 Å². The summed E-state index contributed by atoms with van der Waals surface area (Å²) in [6.45, 7) is 0.905. The lowest BCUT2D eigenvalue weighted by atomic mass is 10.1. The summed E-state index contributed by atoms with van der Waals surface area (Å²) in [4.78, 5) is 6.64. The molecule has 3 heteroatoms. The van der Waals surface area contributed by atoms with Gasteiger partial charge in [-0.3, -0.25) is 4.98 Å². The van der Waals surface area contributed by atoms with Crippen LogP contribution in [0.2, 0.25) is 0 Å². The molecule has 1 aromatic heterocycles. The first-order chi connectivity index (χ1) is 10.4. The maximum Gasteiger partial charge on any atom is 0.103 e. The van der Waals surface area contributed by atoms with Gasteiger partial charge in [0.1, 0.15) is 6.07 Å². The number of hydrogen-bond donors (Lipinski definition) is 0. The van der Waals surface area contributed by atoms with Gasteiger partial charge in [-0.15, -0.1) is 0 Å². The van der Waals surface area contributed by atoms with Crippen LogP contribution in [0.1, 0.15) is 11.1 Å². The highest BCUT2D eigenvalue weighted by molar-refractivity contribution is 5.97. The van der Waals surface area contributed by atoms with E-state index in [0.29, 0.717) is 5.56 Å². The highest BCUT2D eigenvalue weighted by Crippen LogP contribution is 2.39. The fourth-order valence-electron chi connectivity index (χ4n) is 3.07. The number of pyridine rings is 1. The summed E-state index contributed by atoms with van der Waals surface area (Å²) in [5.74, 6) is 0. The summed E-state index contributed by atoms with van der Waals surface area (Å²) in [6.07, 6.45) is 2.69. The summed E-state index contributed by atoms with van der Waals surface area (Å²) in [5.41, 5.74) is 5.07. The molecule has 3 aromatic rings. The van der Waals surface area contributed by atoms with Gasteiger partial charge in [0.05, 0.1) is 16.8 Å². The third kappa shape index (κ3) is 1.77. The van der Waals surface area contributed by atoms with Gasteiger partial charge in [-0.1, -0.05) is 36.4 Å². The van der Waals surface area contributed by atoms with Gasteiger partial charge in [0, 0.05) is 23.8 Å². The van der Waals surface area contributed by atoms with Crippen LogP contribution in [0, 0.1) is 11.3 Å². The first kappa shape index (κ1) is 11.9. The summed E-state index contributed by atoms with van der Waals surface area (Å²) in [6, 6.07) is 18.7. The highest BCUT2D eigenvalue weighted by Gasteiger charge is 2.24. The summed E-state index contributed by atoms with van der Waals surface area (Å²) < 4.78 is 0. The highest BCUT2D eigenvalue weighted by atomic mass is 15.2. The van der Waals surface area contributed by atoms with E-state index in [1.54, 1.807) is 6.20 Å². The molecular formula is C18H13N3. The second-order valence-electron chi connectivity index (χ2n) is 5.18. The van der Waals surface area contributed by atoms with Crippen molar-refractivity contribution in [2.45, 2.75) is 6.42 Å². The van der Waals surface area contributed by atoms with E-state index in [9.17, 15) is 5.26 Å². The predicted molar refractivity (Wildman–Crippen MR) is 83.6 cm³/mol. The molecule has 0 atom stereocenters. The van der Waals surface area contributed by atoms with Crippen molar-refractivity contribution in [3.63, 3.8) is 0 Å². The smallest absolute Gasteiger partial charge is 0.103 e. The van der Waals surface area contributed by atoms with Crippen molar-refractivity contribution in [1.29, 1.82) is 5.26 Å². The monoisotopic (exact) mass is 271 g/mol. The molecule has 0 spiro atoms. The second kappa shape index (κ2) is 4.60. The number of hydrogen-bond acceptors (Lipinski definition) is 3. The average Bonchev–Trinajstić information content (AvgIpc) is 2.97. The zero-order chi connectivity index (χ0) is 14.2. The molecule has 0 saturated carbocycles. The lowest BCUT2D eigenvalue weighted by Gasteiger charge is -2.22. The largest absolute Gasteiger partial charge is 0.339 e. The molecule has 2 aromatic carbocycles. The molecule has 2 heterocycles. The molecule has 0 N–H and O–H groups in total. The van der Waals surface area contributed by atoms with E-state index < -0.39 is 0 Å². The summed E-state index contributed by atoms with van der Waals surface area (Å²) in [5, 5.41) is 10.5. The molecule has 21 heavy (non-hydrogen) atoms. The SMILES string of the molecule is N#Cc1cnc2ccccc2c1N1CCc2ccccc21. The van der Waals surface area contributed by atoms with E-state index in [0.717, 1.165) is 29.6 Å². The molecular weight excluding hydrogens is 258 g/mol. The number of anilines is 2. The minimum Gasteiger partial charge on any atom is -0.339 e. The van der Waals surface area contributed by atoms with Crippen LogP contribution < -0.4 is 4.90 Å². The van der Waals surface area contributed by atoms with Crippen LogP contribution in [0.4, 0.5) is 11.4 Å². The van der Waals surface area contributed by atoms with E-state index in [2.05, 4.69) is 34.2 Å². The average molecular weight is 271 g/mol. The van der Waals surface area contributed by atoms with Crippen LogP contribution >= 0.6 is 0 Å². The molecule has 0 aliphatic carbocycles. The van der Waals surface area contributed by atoms with Crippen LogP contribution in [-0.4, -0.2) is 11.5 Å². The number of nitriles is 1. The molecule has 1 aliphatic heterocycles. The lowest BCUT2D eigenvalue weighted by molar-refractivity contribution is 0.999. The van der Waals surface area contributed by atoms with Crippen LogP contribution in [-0.2, 0) is 6.42 Å². The fraction of sp³-hybridized carbons (Fsp3) is 0.111. The number of aromatic nitrogens is 1. The van der Waals surface area contributed by atoms with Crippen molar-refractivity contribution in [1.82, 2.24) is 4.98 Å². The Bertz CT molecular complexity index is 877. The van der Waals surface area contributed by atoms with Crippen molar-refractivity contribution in [2.24, 2.45) is 0 Å². The minimum atomic E-state index is 0.630. The van der Waals surface area contributed by atoms with E-state index in [4.69, 9.17) is 0 Å². The lowest BCUT2D eigenvalue weighted by Crippen LogP contribution is -2.15. The zero-order valence-corrected chi connectivity index (χ0v) is 11.5. The van der Waals surface area contributed by atoms with Gasteiger partial charge < -0.3 is 4.90 Å². The number of para-hydroxylation sites is 2. The molecule has 0 radical (unpaired) electrons. The molecule has 0 unspecified atom stereocenters. The minimum absolute atomic E-state index is 0.630. The van der Waals surface area contributed by atoms with Crippen LogP contribution in [0.15, 0.2) is 54.7 Å². The Balaban J connectivity index is 2.01. The van der Waals surface area contributed by atoms with Crippen molar-refractivity contribution in [3.8, 4) is 6.07 Å². The summed E-state index contributed by atoms with van der Waals surface area (Å²) >= 11 is 0. The molecule has 1 aliphatic rings. The molecule has 0 fully saturated rings. The Kier molecular flexibility index (Phi) is 2.61. The first-order valence-electron chi connectivity index (χ1n) is 7.02. The van der Waals surface area contributed by atoms with Crippen LogP contribution in [0.5, 0.6) is 0 Å². The number of fused-ring (bicyclic) bond motifs is 2. The topological polar surface area (TPSA) is 39.9 Å². The van der Waals surface area contributed by atoms with Gasteiger partial charge in [0.25, 0.3) is 0 Å².